The zero-order valence-electron chi connectivity index (χ0n) is 11.7. The van der Waals surface area contributed by atoms with Crippen molar-refractivity contribution < 1.29 is 14.4 Å². The maximum Gasteiger partial charge on any atom is 0.217 e. The molecule has 1 unspecified atom stereocenters. The lowest BCUT2D eigenvalue weighted by molar-refractivity contribution is -0.128. The lowest BCUT2D eigenvalue weighted by atomic mass is 9.97. The van der Waals surface area contributed by atoms with Gasteiger partial charge in [-0.15, -0.1) is 0 Å². The van der Waals surface area contributed by atoms with Crippen LogP contribution < -0.4 is 10.6 Å². The van der Waals surface area contributed by atoms with E-state index in [1.165, 1.54) is 13.8 Å². The smallest absolute Gasteiger partial charge is 0.217 e. The highest BCUT2D eigenvalue weighted by molar-refractivity contribution is 5.89. The number of hydrogen-bond acceptors (Lipinski definition) is 3. The van der Waals surface area contributed by atoms with Gasteiger partial charge in [-0.25, -0.2) is 0 Å². The summed E-state index contributed by atoms with van der Waals surface area (Å²) >= 11 is 0. The number of ketones is 1. The van der Waals surface area contributed by atoms with Crippen LogP contribution in [0.3, 0.4) is 0 Å². The first-order chi connectivity index (χ1) is 8.34. The molecule has 0 aromatic heterocycles. The van der Waals surface area contributed by atoms with Gasteiger partial charge in [0, 0.05) is 26.3 Å². The molecule has 0 aromatic rings. The van der Waals surface area contributed by atoms with E-state index in [1.54, 1.807) is 0 Å². The zero-order chi connectivity index (χ0) is 14.1. The number of Topliss-reactive ketones (excluding diaryl/α,β-unsaturated/α-hetero) is 1. The molecule has 1 atom stereocenters. The molecule has 0 saturated carbocycles. The van der Waals surface area contributed by atoms with E-state index in [0.717, 1.165) is 12.8 Å². The highest BCUT2D eigenvalue weighted by atomic mass is 16.2. The van der Waals surface area contributed by atoms with Crippen molar-refractivity contribution in [3.8, 4) is 0 Å². The third-order valence-corrected chi connectivity index (χ3v) is 2.58. The van der Waals surface area contributed by atoms with E-state index < -0.39 is 6.04 Å². The van der Waals surface area contributed by atoms with Crippen molar-refractivity contribution in [1.82, 2.24) is 10.6 Å². The maximum atomic E-state index is 11.9. The van der Waals surface area contributed by atoms with Gasteiger partial charge >= 0.3 is 0 Å². The van der Waals surface area contributed by atoms with Gasteiger partial charge in [0.25, 0.3) is 0 Å². The molecule has 0 aliphatic rings. The van der Waals surface area contributed by atoms with Gasteiger partial charge < -0.3 is 10.6 Å². The van der Waals surface area contributed by atoms with Gasteiger partial charge in [0.2, 0.25) is 11.8 Å². The van der Waals surface area contributed by atoms with E-state index >= 15 is 0 Å². The van der Waals surface area contributed by atoms with Crippen molar-refractivity contribution in [3.05, 3.63) is 0 Å². The molecular weight excluding hydrogens is 232 g/mol. The standard InChI is InChI=1S/C13H24N2O3/c1-9(2)13(18)12(15-11(4)17)7-5-6-8-14-10(3)16/h9,12H,5-8H2,1-4H3,(H,14,16)(H,15,17). The summed E-state index contributed by atoms with van der Waals surface area (Å²) in [5.41, 5.74) is 0. The summed E-state index contributed by atoms with van der Waals surface area (Å²) in [6, 6.07) is -0.403. The van der Waals surface area contributed by atoms with Crippen LogP contribution in [0.4, 0.5) is 0 Å². The van der Waals surface area contributed by atoms with Crippen molar-refractivity contribution in [2.45, 2.75) is 53.0 Å². The van der Waals surface area contributed by atoms with E-state index in [4.69, 9.17) is 0 Å². The van der Waals surface area contributed by atoms with Crippen molar-refractivity contribution in [2.24, 2.45) is 5.92 Å². The number of hydrogen-bond donors (Lipinski definition) is 2. The third kappa shape index (κ3) is 7.81. The first kappa shape index (κ1) is 16.6. The molecule has 2 amide bonds. The summed E-state index contributed by atoms with van der Waals surface area (Å²) in [6.07, 6.45) is 2.22. The molecule has 0 aliphatic carbocycles. The first-order valence-corrected chi connectivity index (χ1v) is 6.39. The fraction of sp³-hybridized carbons (Fsp3) is 0.769. The molecule has 0 bridgehead atoms. The van der Waals surface area contributed by atoms with Crippen molar-refractivity contribution >= 4 is 17.6 Å². The number of nitrogens with one attached hydrogen (secondary N) is 2. The fourth-order valence-electron chi connectivity index (χ4n) is 1.67. The molecule has 0 saturated heterocycles. The topological polar surface area (TPSA) is 75.3 Å². The van der Waals surface area contributed by atoms with Crippen LogP contribution in [0.1, 0.15) is 47.0 Å². The quantitative estimate of drug-likeness (QED) is 0.637. The Kier molecular flexibility index (Phi) is 8.00. The largest absolute Gasteiger partial charge is 0.356 e. The second kappa shape index (κ2) is 8.66. The number of carbonyl (C=O) groups is 3. The van der Waals surface area contributed by atoms with Gasteiger partial charge in [-0.3, -0.25) is 14.4 Å². The average Bonchev–Trinajstić information content (AvgIpc) is 2.24. The molecule has 0 fully saturated rings. The summed E-state index contributed by atoms with van der Waals surface area (Å²) in [5, 5.41) is 5.39. The summed E-state index contributed by atoms with van der Waals surface area (Å²) in [5.74, 6) is -0.260. The Morgan fingerprint density at radius 2 is 1.61 bits per heavy atom. The van der Waals surface area contributed by atoms with E-state index in [1.807, 2.05) is 13.8 Å². The lowest BCUT2D eigenvalue weighted by Gasteiger charge is -2.18. The van der Waals surface area contributed by atoms with Crippen LogP contribution in [0.5, 0.6) is 0 Å². The molecule has 0 spiro atoms. The second-order valence-electron chi connectivity index (χ2n) is 4.79. The van der Waals surface area contributed by atoms with E-state index in [-0.39, 0.29) is 23.5 Å². The normalized spacial score (nSPS) is 12.1. The molecule has 2 N–H and O–H groups in total. The zero-order valence-corrected chi connectivity index (χ0v) is 11.7. The van der Waals surface area contributed by atoms with Crippen LogP contribution >= 0.6 is 0 Å². The summed E-state index contributed by atoms with van der Waals surface area (Å²) in [6.45, 7) is 7.15. The molecular formula is C13H24N2O3. The van der Waals surface area contributed by atoms with Crippen LogP contribution in [0.2, 0.25) is 0 Å². The van der Waals surface area contributed by atoms with Gasteiger partial charge in [0.15, 0.2) is 5.78 Å². The number of amides is 2. The van der Waals surface area contributed by atoms with Gasteiger partial charge in [0.05, 0.1) is 6.04 Å². The predicted molar refractivity (Wildman–Crippen MR) is 70.0 cm³/mol. The molecule has 0 rings (SSSR count). The summed E-state index contributed by atoms with van der Waals surface area (Å²) < 4.78 is 0. The van der Waals surface area contributed by atoms with Crippen LogP contribution in [0, 0.1) is 5.92 Å². The Morgan fingerprint density at radius 3 is 2.06 bits per heavy atom. The molecule has 0 aromatic carbocycles. The Morgan fingerprint density at radius 1 is 1.00 bits per heavy atom. The summed E-state index contributed by atoms with van der Waals surface area (Å²) in [4.78, 5) is 33.6. The minimum atomic E-state index is -0.403. The lowest BCUT2D eigenvalue weighted by Crippen LogP contribution is -2.41. The van der Waals surface area contributed by atoms with Crippen LogP contribution in [-0.2, 0) is 14.4 Å². The first-order valence-electron chi connectivity index (χ1n) is 6.39. The Hall–Kier alpha value is -1.39. The van der Waals surface area contributed by atoms with Crippen LogP contribution in [0.15, 0.2) is 0 Å². The van der Waals surface area contributed by atoms with E-state index in [2.05, 4.69) is 10.6 Å². The number of rotatable bonds is 8. The monoisotopic (exact) mass is 256 g/mol. The molecule has 18 heavy (non-hydrogen) atoms. The Balaban J connectivity index is 4.05. The Labute approximate surface area is 109 Å². The molecule has 5 nitrogen and oxygen atoms in total. The Bertz CT molecular complexity index is 301. The highest BCUT2D eigenvalue weighted by Crippen LogP contribution is 2.07. The predicted octanol–water partition coefficient (Wildman–Crippen LogP) is 1.02. The maximum absolute atomic E-state index is 11.9. The molecule has 0 heterocycles. The minimum absolute atomic E-state index is 0.0494. The van der Waals surface area contributed by atoms with Crippen molar-refractivity contribution in [1.29, 1.82) is 0 Å². The summed E-state index contributed by atoms with van der Waals surface area (Å²) in [7, 11) is 0. The van der Waals surface area contributed by atoms with Crippen molar-refractivity contribution in [3.63, 3.8) is 0 Å². The average molecular weight is 256 g/mol. The van der Waals surface area contributed by atoms with Gasteiger partial charge in [-0.1, -0.05) is 13.8 Å². The molecule has 104 valence electrons. The van der Waals surface area contributed by atoms with Gasteiger partial charge in [-0.05, 0) is 19.3 Å². The van der Waals surface area contributed by atoms with Gasteiger partial charge in [0.1, 0.15) is 0 Å². The SMILES string of the molecule is CC(=O)NCCCCC(NC(C)=O)C(=O)C(C)C. The molecule has 5 heteroatoms. The minimum Gasteiger partial charge on any atom is -0.356 e. The fourth-order valence-corrected chi connectivity index (χ4v) is 1.67. The van der Waals surface area contributed by atoms with Crippen molar-refractivity contribution in [2.75, 3.05) is 6.54 Å². The van der Waals surface area contributed by atoms with E-state index in [9.17, 15) is 14.4 Å². The van der Waals surface area contributed by atoms with Gasteiger partial charge in [-0.2, -0.15) is 0 Å². The molecule has 0 radical (unpaired) electrons. The highest BCUT2D eigenvalue weighted by Gasteiger charge is 2.21. The number of unbranched alkanes of at least 4 members (excludes halogenated alkanes) is 1. The van der Waals surface area contributed by atoms with E-state index in [0.29, 0.717) is 13.0 Å². The second-order valence-corrected chi connectivity index (χ2v) is 4.79. The third-order valence-electron chi connectivity index (χ3n) is 2.58. The number of carbonyl (C=O) groups excluding carboxylic acids is 3. The van der Waals surface area contributed by atoms with Crippen LogP contribution in [-0.4, -0.2) is 30.2 Å². The van der Waals surface area contributed by atoms with Crippen LogP contribution in [0.25, 0.3) is 0 Å². The molecule has 0 aliphatic heterocycles.